The molecule has 4 heterocycles. The van der Waals surface area contributed by atoms with Gasteiger partial charge in [-0.05, 0) is 68.8 Å². The molecule has 1 fully saturated rings. The van der Waals surface area contributed by atoms with Crippen LogP contribution in [0.15, 0.2) is 54.6 Å². The van der Waals surface area contributed by atoms with Gasteiger partial charge in [0.05, 0.1) is 23.4 Å². The maximum absolute atomic E-state index is 14.8. The number of hydrogen-bond donors (Lipinski definition) is 3. The van der Waals surface area contributed by atoms with Crippen molar-refractivity contribution >= 4 is 34.3 Å². The number of aryl methyl sites for hydroxylation is 1. The molecule has 2 atom stereocenters. The Hall–Kier alpha value is -5.11. The number of carbonyl (C=O) groups is 3. The zero-order valence-electron chi connectivity index (χ0n) is 25.2. The zero-order chi connectivity index (χ0) is 33.9. The Morgan fingerprint density at radius 1 is 1.11 bits per heavy atom. The lowest BCUT2D eigenvalue weighted by Crippen LogP contribution is -2.51. The molecule has 0 bridgehead atoms. The number of alkyl halides is 3. The largest absolute Gasteiger partial charge is 0.489 e. The number of pyridine rings is 2. The van der Waals surface area contributed by atoms with Crippen molar-refractivity contribution in [2.45, 2.75) is 43.9 Å². The van der Waals surface area contributed by atoms with Crippen LogP contribution in [0.1, 0.15) is 47.1 Å². The van der Waals surface area contributed by atoms with Gasteiger partial charge in [-0.1, -0.05) is 6.07 Å². The lowest BCUT2D eigenvalue weighted by atomic mass is 9.81. The molecule has 14 heteroatoms. The number of carbonyl (C=O) groups excluding carboxylic acids is 3. The summed E-state index contributed by atoms with van der Waals surface area (Å²) in [6.07, 6.45) is -4.49. The van der Waals surface area contributed by atoms with Crippen LogP contribution in [0.3, 0.4) is 0 Å². The van der Waals surface area contributed by atoms with Crippen LogP contribution >= 0.6 is 0 Å². The first-order valence-corrected chi connectivity index (χ1v) is 14.7. The molecule has 6 rings (SSSR count). The van der Waals surface area contributed by atoms with Crippen molar-refractivity contribution in [1.29, 1.82) is 0 Å². The lowest BCUT2D eigenvalue weighted by molar-refractivity contribution is -0.265. The monoisotopic (exact) mass is 651 g/mol. The van der Waals surface area contributed by atoms with Crippen LogP contribution in [0.5, 0.6) is 5.75 Å². The number of nitrogens with zero attached hydrogens (tertiary/aromatic N) is 3. The summed E-state index contributed by atoms with van der Waals surface area (Å²) in [6, 6.07) is 11.8. The molecule has 0 saturated carbocycles. The van der Waals surface area contributed by atoms with E-state index in [2.05, 4.69) is 15.3 Å². The number of amides is 3. The topological polar surface area (TPSA) is 148 Å². The Kier molecular flexibility index (Phi) is 7.66. The molecule has 2 aliphatic rings. The molecule has 3 amide bonds. The van der Waals surface area contributed by atoms with Crippen molar-refractivity contribution in [2.75, 3.05) is 24.6 Å². The summed E-state index contributed by atoms with van der Waals surface area (Å²) in [7, 11) is 0. The number of halogens is 4. The lowest BCUT2D eigenvalue weighted by Gasteiger charge is -2.31. The molecule has 2 aliphatic heterocycles. The third-order valence-electron chi connectivity index (χ3n) is 8.67. The molecular formula is C33H29F4N5O5. The number of aromatic nitrogens is 2. The standard InChI is InChI=1S/C33H29F4N5O5/c1-17-5-6-19-12-20(13-23(26(19)40-17)42-11-3-4-25(42)43)29(44)39-15-32(46,33(35,36)37)24-14-22-28(47-16-31(22,2)30(38)45)27(41-24)18-7-9-21(34)10-8-18/h5-10,12-14,46H,3-4,11,15-16H2,1-2H3,(H2,38,45)(H,39,44)/t31-,32-/m0/s1. The Morgan fingerprint density at radius 2 is 1.83 bits per heavy atom. The fraction of sp³-hybridized carbons (Fsp3) is 0.303. The third-order valence-corrected chi connectivity index (χ3v) is 8.67. The first kappa shape index (κ1) is 31.9. The minimum Gasteiger partial charge on any atom is -0.489 e. The Bertz CT molecular complexity index is 1950. The first-order chi connectivity index (χ1) is 22.1. The minimum atomic E-state index is -5.39. The maximum atomic E-state index is 14.8. The second-order valence-corrected chi connectivity index (χ2v) is 11.9. The predicted molar refractivity (Wildman–Crippen MR) is 162 cm³/mol. The van der Waals surface area contributed by atoms with E-state index < -0.39 is 47.1 Å². The molecule has 244 valence electrons. The van der Waals surface area contributed by atoms with Crippen LogP contribution in [0.2, 0.25) is 0 Å². The number of benzene rings is 2. The molecule has 10 nitrogen and oxygen atoms in total. The number of primary amides is 1. The second-order valence-electron chi connectivity index (χ2n) is 11.9. The Balaban J connectivity index is 1.42. The normalized spacial score (nSPS) is 19.0. The Morgan fingerprint density at radius 3 is 2.47 bits per heavy atom. The number of ether oxygens (including phenoxy) is 1. The van der Waals surface area contributed by atoms with E-state index in [0.29, 0.717) is 41.7 Å². The average Bonchev–Trinajstić information content (AvgIpc) is 3.62. The molecule has 4 N–H and O–H groups in total. The van der Waals surface area contributed by atoms with E-state index in [1.54, 1.807) is 19.1 Å². The van der Waals surface area contributed by atoms with Gasteiger partial charge in [-0.2, -0.15) is 13.2 Å². The van der Waals surface area contributed by atoms with Crippen LogP contribution in [-0.2, 0) is 20.6 Å². The zero-order valence-corrected chi connectivity index (χ0v) is 25.2. The van der Waals surface area contributed by atoms with Crippen molar-refractivity contribution in [1.82, 2.24) is 15.3 Å². The molecule has 47 heavy (non-hydrogen) atoms. The smallest absolute Gasteiger partial charge is 0.424 e. The van der Waals surface area contributed by atoms with E-state index in [9.17, 15) is 37.1 Å². The SMILES string of the molecule is Cc1ccc2cc(C(=O)NC[C@](O)(c3cc4c(c(-c5ccc(F)cc5)n3)OC[C@]4(C)C(N)=O)C(F)(F)F)cc(N3CCCC3=O)c2n1. The minimum absolute atomic E-state index is 0.0424. The van der Waals surface area contributed by atoms with Crippen LogP contribution < -0.4 is 20.7 Å². The molecule has 2 aromatic carbocycles. The number of nitrogens with one attached hydrogen (secondary N) is 1. The maximum Gasteiger partial charge on any atom is 0.424 e. The number of anilines is 1. The van der Waals surface area contributed by atoms with Gasteiger partial charge in [-0.15, -0.1) is 0 Å². The number of fused-ring (bicyclic) bond motifs is 2. The Labute approximate surface area is 265 Å². The number of nitrogens with two attached hydrogens (primary N) is 1. The van der Waals surface area contributed by atoms with E-state index in [-0.39, 0.29) is 40.6 Å². The van der Waals surface area contributed by atoms with Crippen LogP contribution in [0, 0.1) is 12.7 Å². The molecule has 4 aromatic rings. The summed E-state index contributed by atoms with van der Waals surface area (Å²) in [6.45, 7) is 1.85. The van der Waals surface area contributed by atoms with Gasteiger partial charge in [-0.3, -0.25) is 19.4 Å². The van der Waals surface area contributed by atoms with Gasteiger partial charge in [0.25, 0.3) is 5.91 Å². The highest BCUT2D eigenvalue weighted by atomic mass is 19.4. The van der Waals surface area contributed by atoms with Crippen molar-refractivity contribution in [3.63, 3.8) is 0 Å². The summed E-state index contributed by atoms with van der Waals surface area (Å²) < 4.78 is 63.9. The van der Waals surface area contributed by atoms with Gasteiger partial charge < -0.3 is 25.8 Å². The quantitative estimate of drug-likeness (QED) is 0.254. The highest BCUT2D eigenvalue weighted by Gasteiger charge is 2.57. The molecule has 1 saturated heterocycles. The van der Waals surface area contributed by atoms with Gasteiger partial charge in [0.2, 0.25) is 17.4 Å². The third kappa shape index (κ3) is 5.41. The van der Waals surface area contributed by atoms with Gasteiger partial charge in [0, 0.05) is 40.7 Å². The second kappa shape index (κ2) is 11.3. The average molecular weight is 652 g/mol. The van der Waals surface area contributed by atoms with E-state index >= 15 is 0 Å². The molecule has 0 radical (unpaired) electrons. The summed E-state index contributed by atoms with van der Waals surface area (Å²) >= 11 is 0. The van der Waals surface area contributed by atoms with E-state index in [1.165, 1.54) is 36.1 Å². The number of aliphatic hydroxyl groups is 1. The number of rotatable bonds is 7. The molecular weight excluding hydrogens is 622 g/mol. The van der Waals surface area contributed by atoms with Gasteiger partial charge in [0.1, 0.15) is 29.3 Å². The van der Waals surface area contributed by atoms with Gasteiger partial charge in [-0.25, -0.2) is 9.37 Å². The van der Waals surface area contributed by atoms with Crippen LogP contribution in [0.4, 0.5) is 23.2 Å². The van der Waals surface area contributed by atoms with Crippen LogP contribution in [0.25, 0.3) is 22.2 Å². The highest BCUT2D eigenvalue weighted by Crippen LogP contribution is 2.47. The van der Waals surface area contributed by atoms with Crippen LogP contribution in [-0.4, -0.2) is 58.7 Å². The molecule has 0 unspecified atom stereocenters. The molecule has 0 spiro atoms. The van der Waals surface area contributed by atoms with E-state index in [4.69, 9.17) is 10.5 Å². The number of hydrogen-bond acceptors (Lipinski definition) is 7. The van der Waals surface area contributed by atoms with Crippen molar-refractivity contribution in [3.05, 3.63) is 82.9 Å². The fourth-order valence-electron chi connectivity index (χ4n) is 5.80. The van der Waals surface area contributed by atoms with Crippen molar-refractivity contribution in [2.24, 2.45) is 5.73 Å². The summed E-state index contributed by atoms with van der Waals surface area (Å²) in [5, 5.41) is 14.0. The van der Waals surface area contributed by atoms with Crippen molar-refractivity contribution in [3.8, 4) is 17.0 Å². The summed E-state index contributed by atoms with van der Waals surface area (Å²) in [4.78, 5) is 48.6. The van der Waals surface area contributed by atoms with E-state index in [0.717, 1.165) is 18.2 Å². The van der Waals surface area contributed by atoms with Crippen molar-refractivity contribution < 1.29 is 41.8 Å². The highest BCUT2D eigenvalue weighted by molar-refractivity contribution is 6.07. The van der Waals surface area contributed by atoms with E-state index in [1.807, 2.05) is 0 Å². The first-order valence-electron chi connectivity index (χ1n) is 14.7. The summed E-state index contributed by atoms with van der Waals surface area (Å²) in [5.41, 5.74) is 0.636. The predicted octanol–water partition coefficient (Wildman–Crippen LogP) is 4.19. The van der Waals surface area contributed by atoms with Gasteiger partial charge in [0.15, 0.2) is 0 Å². The summed E-state index contributed by atoms with van der Waals surface area (Å²) in [5.74, 6) is -2.69. The fourth-order valence-corrected chi connectivity index (χ4v) is 5.80. The molecule has 2 aromatic heterocycles. The van der Waals surface area contributed by atoms with Gasteiger partial charge >= 0.3 is 6.18 Å². The molecule has 0 aliphatic carbocycles.